The van der Waals surface area contributed by atoms with Gasteiger partial charge >= 0.3 is 0 Å². The third kappa shape index (κ3) is 4.51. The Morgan fingerprint density at radius 3 is 2.32 bits per heavy atom. The number of carbonyl (C=O) groups is 2. The van der Waals surface area contributed by atoms with Crippen molar-refractivity contribution in [3.63, 3.8) is 0 Å². The Morgan fingerprint density at radius 1 is 1.05 bits per heavy atom. The summed E-state index contributed by atoms with van der Waals surface area (Å²) < 4.78 is 0. The smallest absolute Gasteiger partial charge is 0.249 e. The molecule has 1 heterocycles. The van der Waals surface area contributed by atoms with Crippen molar-refractivity contribution in [2.75, 3.05) is 24.3 Å². The fourth-order valence-electron chi connectivity index (χ4n) is 6.22. The summed E-state index contributed by atoms with van der Waals surface area (Å²) >= 11 is 0. The van der Waals surface area contributed by atoms with Crippen molar-refractivity contribution in [2.45, 2.75) is 71.4 Å². The maximum atomic E-state index is 13.9. The van der Waals surface area contributed by atoms with E-state index in [1.807, 2.05) is 62.0 Å². The second-order valence-corrected chi connectivity index (χ2v) is 12.3. The molecule has 2 atom stereocenters. The second-order valence-electron chi connectivity index (χ2n) is 12.3. The van der Waals surface area contributed by atoms with E-state index in [1.54, 1.807) is 0 Å². The van der Waals surface area contributed by atoms with Crippen molar-refractivity contribution >= 4 is 34.1 Å². The van der Waals surface area contributed by atoms with Gasteiger partial charge in [0, 0.05) is 54.5 Å². The molecule has 37 heavy (non-hydrogen) atoms. The van der Waals surface area contributed by atoms with Gasteiger partial charge in [0.15, 0.2) is 0 Å². The van der Waals surface area contributed by atoms with E-state index < -0.39 is 5.54 Å². The number of anilines is 2. The molecule has 2 aliphatic carbocycles. The number of hydrogen-bond donors (Lipinski definition) is 2. The Hall–Kier alpha value is -3.28. The van der Waals surface area contributed by atoms with E-state index in [0.29, 0.717) is 12.3 Å². The largest absolute Gasteiger partial charge is 0.378 e. The molecule has 0 unspecified atom stereocenters. The van der Waals surface area contributed by atoms with Gasteiger partial charge in [-0.05, 0) is 86.8 Å². The highest BCUT2D eigenvalue weighted by atomic mass is 16.2. The molecular formula is C31H40N4O2. The number of amides is 2. The van der Waals surface area contributed by atoms with Gasteiger partial charge in [-0.15, -0.1) is 0 Å². The van der Waals surface area contributed by atoms with Crippen LogP contribution in [0, 0.1) is 18.3 Å². The zero-order valence-corrected chi connectivity index (χ0v) is 23.2. The van der Waals surface area contributed by atoms with Crippen molar-refractivity contribution < 1.29 is 9.59 Å². The summed E-state index contributed by atoms with van der Waals surface area (Å²) in [6, 6.07) is 16.3. The lowest BCUT2D eigenvalue weighted by molar-refractivity contribution is -0.144. The summed E-state index contributed by atoms with van der Waals surface area (Å²) in [6.07, 6.45) is 2.37. The van der Waals surface area contributed by atoms with Crippen LogP contribution in [-0.4, -0.2) is 47.4 Å². The Balaban J connectivity index is 1.33. The molecule has 0 saturated heterocycles. The SMILES string of the molecule is Cc1[nH]c2ccccc2c1[C@H]1[C@@H](CC(=O)N(C2CC2)C(C)(C)C(=O)Nc2ccc(N(C)C)cc2)C1(C)C. The van der Waals surface area contributed by atoms with Crippen molar-refractivity contribution in [3.05, 3.63) is 59.8 Å². The van der Waals surface area contributed by atoms with E-state index in [4.69, 9.17) is 0 Å². The first-order valence-corrected chi connectivity index (χ1v) is 13.4. The highest BCUT2D eigenvalue weighted by Gasteiger charge is 2.60. The number of aryl methyl sites for hydroxylation is 1. The molecular weight excluding hydrogens is 460 g/mol. The first kappa shape index (κ1) is 25.4. The molecule has 196 valence electrons. The number of rotatable bonds is 8. The van der Waals surface area contributed by atoms with E-state index in [2.05, 4.69) is 55.3 Å². The molecule has 2 saturated carbocycles. The molecule has 3 aromatic rings. The van der Waals surface area contributed by atoms with Crippen molar-refractivity contribution in [2.24, 2.45) is 11.3 Å². The predicted molar refractivity (Wildman–Crippen MR) is 151 cm³/mol. The fraction of sp³-hybridized carbons (Fsp3) is 0.484. The Morgan fingerprint density at radius 2 is 1.70 bits per heavy atom. The molecule has 0 aliphatic heterocycles. The van der Waals surface area contributed by atoms with Crippen molar-refractivity contribution in [3.8, 4) is 0 Å². The molecule has 6 nitrogen and oxygen atoms in total. The lowest BCUT2D eigenvalue weighted by atomic mass is 9.98. The zero-order chi connectivity index (χ0) is 26.7. The summed E-state index contributed by atoms with van der Waals surface area (Å²) in [6.45, 7) is 10.4. The van der Waals surface area contributed by atoms with Gasteiger partial charge in [-0.1, -0.05) is 32.0 Å². The third-order valence-electron chi connectivity index (χ3n) is 8.68. The van der Waals surface area contributed by atoms with Crippen LogP contribution >= 0.6 is 0 Å². The number of aromatic nitrogens is 1. The Bertz CT molecular complexity index is 1330. The van der Waals surface area contributed by atoms with E-state index in [0.717, 1.165) is 29.7 Å². The number of aromatic amines is 1. The fourth-order valence-corrected chi connectivity index (χ4v) is 6.22. The van der Waals surface area contributed by atoms with E-state index in [9.17, 15) is 9.59 Å². The summed E-state index contributed by atoms with van der Waals surface area (Å²) in [5, 5.41) is 4.31. The quantitative estimate of drug-likeness (QED) is 0.394. The average molecular weight is 501 g/mol. The molecule has 2 N–H and O–H groups in total. The first-order valence-electron chi connectivity index (χ1n) is 13.4. The molecule has 2 fully saturated rings. The number of carbonyl (C=O) groups excluding carboxylic acids is 2. The minimum atomic E-state index is -0.941. The number of para-hydroxylation sites is 1. The second kappa shape index (κ2) is 8.93. The monoisotopic (exact) mass is 500 g/mol. The highest BCUT2D eigenvalue weighted by molar-refractivity contribution is 6.00. The minimum Gasteiger partial charge on any atom is -0.378 e. The topological polar surface area (TPSA) is 68.4 Å². The molecule has 0 radical (unpaired) electrons. The van der Waals surface area contributed by atoms with Crippen LogP contribution in [0.4, 0.5) is 11.4 Å². The number of nitrogens with zero attached hydrogens (tertiary/aromatic N) is 2. The number of benzene rings is 2. The van der Waals surface area contributed by atoms with Gasteiger partial charge in [0.1, 0.15) is 5.54 Å². The van der Waals surface area contributed by atoms with Crippen molar-refractivity contribution in [1.29, 1.82) is 0 Å². The standard InChI is InChI=1S/C31H40N4O2/c1-19-27(23-10-8-9-11-25(23)32-19)28-24(30(28,2)3)18-26(36)35(22-16-17-22)31(4,5)29(37)33-20-12-14-21(15-13-20)34(6)7/h8-15,22,24,28,32H,16-18H2,1-7H3,(H,33,37)/t24-,28-/m1/s1. The minimum absolute atomic E-state index is 0.0290. The summed E-state index contributed by atoms with van der Waals surface area (Å²) in [4.78, 5) is 34.8. The number of nitrogens with one attached hydrogen (secondary N) is 2. The van der Waals surface area contributed by atoms with Gasteiger partial charge in [-0.3, -0.25) is 9.59 Å². The maximum absolute atomic E-state index is 13.9. The van der Waals surface area contributed by atoms with E-state index in [-0.39, 0.29) is 29.2 Å². The summed E-state index contributed by atoms with van der Waals surface area (Å²) in [5.41, 5.74) is 4.58. The normalized spacial score (nSPS) is 20.5. The van der Waals surface area contributed by atoms with Gasteiger partial charge < -0.3 is 20.1 Å². The van der Waals surface area contributed by atoms with Crippen LogP contribution in [0.3, 0.4) is 0 Å². The Labute approximate surface area is 220 Å². The van der Waals surface area contributed by atoms with Gasteiger partial charge in [0.05, 0.1) is 0 Å². The van der Waals surface area contributed by atoms with Gasteiger partial charge in [-0.2, -0.15) is 0 Å². The van der Waals surface area contributed by atoms with Crippen molar-refractivity contribution in [1.82, 2.24) is 9.88 Å². The molecule has 0 spiro atoms. The van der Waals surface area contributed by atoms with E-state index >= 15 is 0 Å². The molecule has 2 amide bonds. The third-order valence-corrected chi connectivity index (χ3v) is 8.68. The van der Waals surface area contributed by atoms with Crippen LogP contribution in [0.25, 0.3) is 10.9 Å². The lowest BCUT2D eigenvalue weighted by Gasteiger charge is -2.38. The van der Waals surface area contributed by atoms with Gasteiger partial charge in [-0.25, -0.2) is 0 Å². The molecule has 2 aliphatic rings. The first-order chi connectivity index (χ1) is 17.4. The number of hydrogen-bond acceptors (Lipinski definition) is 3. The van der Waals surface area contributed by atoms with Crippen LogP contribution in [0.15, 0.2) is 48.5 Å². The van der Waals surface area contributed by atoms with Crippen LogP contribution in [0.1, 0.15) is 64.1 Å². The Kier molecular flexibility index (Phi) is 6.12. The number of fused-ring (bicyclic) bond motifs is 1. The molecule has 6 heteroatoms. The molecule has 0 bridgehead atoms. The van der Waals surface area contributed by atoms with E-state index in [1.165, 1.54) is 16.6 Å². The molecule has 2 aromatic carbocycles. The van der Waals surface area contributed by atoms with Crippen LogP contribution < -0.4 is 10.2 Å². The summed E-state index contributed by atoms with van der Waals surface area (Å²) in [5.74, 6) is 0.505. The molecule has 1 aromatic heterocycles. The van der Waals surface area contributed by atoms with Gasteiger partial charge in [0.2, 0.25) is 11.8 Å². The lowest BCUT2D eigenvalue weighted by Crippen LogP contribution is -2.56. The highest BCUT2D eigenvalue weighted by Crippen LogP contribution is 2.67. The predicted octanol–water partition coefficient (Wildman–Crippen LogP) is 6.08. The average Bonchev–Trinajstić information content (AvgIpc) is 3.71. The zero-order valence-electron chi connectivity index (χ0n) is 23.2. The van der Waals surface area contributed by atoms with Gasteiger partial charge in [0.25, 0.3) is 0 Å². The summed E-state index contributed by atoms with van der Waals surface area (Å²) in [7, 11) is 3.97. The maximum Gasteiger partial charge on any atom is 0.249 e. The number of H-pyrrole nitrogens is 1. The molecule has 5 rings (SSSR count). The van der Waals surface area contributed by atoms with Crippen LogP contribution in [-0.2, 0) is 9.59 Å². The van der Waals surface area contributed by atoms with Crippen LogP contribution in [0.5, 0.6) is 0 Å². The van der Waals surface area contributed by atoms with Crippen LogP contribution in [0.2, 0.25) is 0 Å².